The Morgan fingerprint density at radius 2 is 2.12 bits per heavy atom. The van der Waals surface area contributed by atoms with Gasteiger partial charge in [-0.3, -0.25) is 0 Å². The average molecular weight is 218 g/mol. The highest BCUT2D eigenvalue weighted by Gasteiger charge is 2.04. The van der Waals surface area contributed by atoms with Gasteiger partial charge in [-0.1, -0.05) is 13.3 Å². The molecule has 0 amide bonds. The molecule has 16 heavy (non-hydrogen) atoms. The van der Waals surface area contributed by atoms with Crippen LogP contribution in [0.3, 0.4) is 0 Å². The lowest BCUT2D eigenvalue weighted by atomic mass is 10.2. The first kappa shape index (κ1) is 10.9. The number of nitrogens with zero attached hydrogens (tertiary/aromatic N) is 2. The molecule has 0 bridgehead atoms. The first-order valence-electron chi connectivity index (χ1n) is 5.52. The maximum absolute atomic E-state index is 13.0. The van der Waals surface area contributed by atoms with Gasteiger partial charge in [0.05, 0.1) is 11.4 Å². The van der Waals surface area contributed by atoms with Crippen LogP contribution < -0.4 is 0 Å². The summed E-state index contributed by atoms with van der Waals surface area (Å²) in [6.07, 6.45) is 3.98. The summed E-state index contributed by atoms with van der Waals surface area (Å²) in [6.45, 7) is 4.02. The Labute approximate surface area is 94.7 Å². The number of benzene rings is 1. The quantitative estimate of drug-likeness (QED) is 0.773. The van der Waals surface area contributed by atoms with Crippen LogP contribution in [-0.2, 0) is 6.42 Å². The number of aromatic nitrogens is 2. The molecule has 1 aromatic carbocycles. The molecule has 0 radical (unpaired) electrons. The van der Waals surface area contributed by atoms with E-state index in [1.165, 1.54) is 12.1 Å². The Bertz CT molecular complexity index is 488. The predicted molar refractivity (Wildman–Crippen MR) is 62.3 cm³/mol. The van der Waals surface area contributed by atoms with Crippen molar-refractivity contribution in [3.05, 3.63) is 47.5 Å². The fraction of sp³-hybridized carbons (Fsp3) is 0.308. The first-order valence-corrected chi connectivity index (χ1v) is 5.52. The van der Waals surface area contributed by atoms with Crippen molar-refractivity contribution in [3.8, 4) is 5.69 Å². The summed E-state index contributed by atoms with van der Waals surface area (Å²) in [7, 11) is 0. The van der Waals surface area contributed by atoms with Crippen molar-refractivity contribution in [1.29, 1.82) is 0 Å². The number of halogens is 1. The third kappa shape index (κ3) is 2.13. The third-order valence-electron chi connectivity index (χ3n) is 2.56. The first-order chi connectivity index (χ1) is 7.70. The standard InChI is InChI=1S/C13H15FN2/c1-3-4-12-7-8-16(15-12)13-6-5-11(14)9-10(13)2/h5-9H,3-4H2,1-2H3. The third-order valence-corrected chi connectivity index (χ3v) is 2.56. The van der Waals surface area contributed by atoms with Crippen LogP contribution in [0, 0.1) is 12.7 Å². The highest BCUT2D eigenvalue weighted by molar-refractivity contribution is 5.39. The summed E-state index contributed by atoms with van der Waals surface area (Å²) < 4.78 is 14.8. The maximum atomic E-state index is 13.0. The van der Waals surface area contributed by atoms with Crippen LogP contribution >= 0.6 is 0 Å². The minimum atomic E-state index is -0.206. The SMILES string of the molecule is CCCc1ccn(-c2ccc(F)cc2C)n1. The lowest BCUT2D eigenvalue weighted by Crippen LogP contribution is -1.99. The van der Waals surface area contributed by atoms with E-state index in [0.717, 1.165) is 29.8 Å². The molecule has 2 rings (SSSR count). The Kier molecular flexibility index (Phi) is 3.04. The second kappa shape index (κ2) is 4.47. The molecular weight excluding hydrogens is 203 g/mol. The van der Waals surface area contributed by atoms with Gasteiger partial charge in [-0.05, 0) is 43.2 Å². The molecule has 0 saturated heterocycles. The number of rotatable bonds is 3. The van der Waals surface area contributed by atoms with Gasteiger partial charge in [-0.2, -0.15) is 5.10 Å². The molecule has 0 aliphatic rings. The molecule has 2 nitrogen and oxygen atoms in total. The van der Waals surface area contributed by atoms with E-state index in [9.17, 15) is 4.39 Å². The molecule has 0 atom stereocenters. The molecular formula is C13H15FN2. The Hall–Kier alpha value is -1.64. The molecule has 0 saturated carbocycles. The Morgan fingerprint density at radius 3 is 2.81 bits per heavy atom. The maximum Gasteiger partial charge on any atom is 0.123 e. The zero-order valence-corrected chi connectivity index (χ0v) is 9.57. The van der Waals surface area contributed by atoms with E-state index in [2.05, 4.69) is 12.0 Å². The number of aryl methyl sites for hydroxylation is 2. The highest BCUT2D eigenvalue weighted by atomic mass is 19.1. The van der Waals surface area contributed by atoms with Crippen LogP contribution in [0.25, 0.3) is 5.69 Å². The fourth-order valence-electron chi connectivity index (χ4n) is 1.76. The normalized spacial score (nSPS) is 10.7. The van der Waals surface area contributed by atoms with Gasteiger partial charge in [0.15, 0.2) is 0 Å². The van der Waals surface area contributed by atoms with E-state index in [0.29, 0.717) is 0 Å². The van der Waals surface area contributed by atoms with Crippen LogP contribution in [0.5, 0.6) is 0 Å². The molecule has 0 aliphatic heterocycles. The van der Waals surface area contributed by atoms with Gasteiger partial charge >= 0.3 is 0 Å². The fourth-order valence-corrected chi connectivity index (χ4v) is 1.76. The van der Waals surface area contributed by atoms with Crippen molar-refractivity contribution in [3.63, 3.8) is 0 Å². The van der Waals surface area contributed by atoms with Crippen LogP contribution in [-0.4, -0.2) is 9.78 Å². The van der Waals surface area contributed by atoms with Crippen LogP contribution in [0.15, 0.2) is 30.5 Å². The topological polar surface area (TPSA) is 17.8 Å². The molecule has 3 heteroatoms. The van der Waals surface area contributed by atoms with E-state index >= 15 is 0 Å². The Morgan fingerprint density at radius 1 is 1.31 bits per heavy atom. The average Bonchev–Trinajstić information content (AvgIpc) is 2.67. The molecule has 2 aromatic rings. The van der Waals surface area contributed by atoms with Gasteiger partial charge in [-0.15, -0.1) is 0 Å². The molecule has 0 N–H and O–H groups in total. The van der Waals surface area contributed by atoms with Gasteiger partial charge in [0.25, 0.3) is 0 Å². The van der Waals surface area contributed by atoms with E-state index < -0.39 is 0 Å². The summed E-state index contributed by atoms with van der Waals surface area (Å²) in [6, 6.07) is 6.75. The second-order valence-electron chi connectivity index (χ2n) is 3.93. The number of hydrogen-bond donors (Lipinski definition) is 0. The second-order valence-corrected chi connectivity index (χ2v) is 3.93. The lowest BCUT2D eigenvalue weighted by molar-refractivity contribution is 0.625. The molecule has 84 valence electrons. The predicted octanol–water partition coefficient (Wildman–Crippen LogP) is 3.27. The minimum Gasteiger partial charge on any atom is -0.240 e. The van der Waals surface area contributed by atoms with E-state index in [-0.39, 0.29) is 5.82 Å². The molecule has 0 unspecified atom stereocenters. The minimum absolute atomic E-state index is 0.206. The van der Waals surface area contributed by atoms with Crippen molar-refractivity contribution in [1.82, 2.24) is 9.78 Å². The van der Waals surface area contributed by atoms with Crippen molar-refractivity contribution in [2.24, 2.45) is 0 Å². The largest absolute Gasteiger partial charge is 0.240 e. The summed E-state index contributed by atoms with van der Waals surface area (Å²) in [5, 5.41) is 4.45. The van der Waals surface area contributed by atoms with Gasteiger partial charge in [0.1, 0.15) is 5.82 Å². The van der Waals surface area contributed by atoms with Crippen molar-refractivity contribution in [2.45, 2.75) is 26.7 Å². The summed E-state index contributed by atoms with van der Waals surface area (Å²) in [5.41, 5.74) is 2.90. The molecule has 1 aromatic heterocycles. The monoisotopic (exact) mass is 218 g/mol. The summed E-state index contributed by atoms with van der Waals surface area (Å²) in [4.78, 5) is 0. The van der Waals surface area contributed by atoms with Crippen molar-refractivity contribution < 1.29 is 4.39 Å². The molecule has 1 heterocycles. The van der Waals surface area contributed by atoms with Gasteiger partial charge in [0, 0.05) is 6.20 Å². The molecule has 0 spiro atoms. The zero-order chi connectivity index (χ0) is 11.5. The van der Waals surface area contributed by atoms with Crippen molar-refractivity contribution >= 4 is 0 Å². The van der Waals surface area contributed by atoms with Crippen LogP contribution in [0.1, 0.15) is 24.6 Å². The molecule has 0 aliphatic carbocycles. The smallest absolute Gasteiger partial charge is 0.123 e. The van der Waals surface area contributed by atoms with Gasteiger partial charge in [-0.25, -0.2) is 9.07 Å². The molecule has 0 fully saturated rings. The number of hydrogen-bond acceptors (Lipinski definition) is 1. The van der Waals surface area contributed by atoms with Gasteiger partial charge < -0.3 is 0 Å². The van der Waals surface area contributed by atoms with E-state index in [1.54, 1.807) is 10.7 Å². The highest BCUT2D eigenvalue weighted by Crippen LogP contribution is 2.15. The lowest BCUT2D eigenvalue weighted by Gasteiger charge is -2.05. The van der Waals surface area contributed by atoms with E-state index in [1.807, 2.05) is 19.2 Å². The zero-order valence-electron chi connectivity index (χ0n) is 9.57. The Balaban J connectivity index is 2.35. The summed E-state index contributed by atoms with van der Waals surface area (Å²) in [5.74, 6) is -0.206. The van der Waals surface area contributed by atoms with Gasteiger partial charge in [0.2, 0.25) is 0 Å². The van der Waals surface area contributed by atoms with Crippen LogP contribution in [0.2, 0.25) is 0 Å². The van der Waals surface area contributed by atoms with Crippen LogP contribution in [0.4, 0.5) is 4.39 Å². The van der Waals surface area contributed by atoms with E-state index in [4.69, 9.17) is 0 Å². The summed E-state index contributed by atoms with van der Waals surface area (Å²) >= 11 is 0. The van der Waals surface area contributed by atoms with Crippen molar-refractivity contribution in [2.75, 3.05) is 0 Å².